The maximum atomic E-state index is 11.6. The van der Waals surface area contributed by atoms with Crippen molar-refractivity contribution in [3.05, 3.63) is 28.3 Å². The van der Waals surface area contributed by atoms with Gasteiger partial charge in [0.25, 0.3) is 5.69 Å². The van der Waals surface area contributed by atoms with Crippen molar-refractivity contribution in [2.75, 3.05) is 25.0 Å². The van der Waals surface area contributed by atoms with Crippen molar-refractivity contribution in [3.8, 4) is 0 Å². The highest BCUT2D eigenvalue weighted by molar-refractivity contribution is 7.89. The Morgan fingerprint density at radius 2 is 2.24 bits per heavy atom. The van der Waals surface area contributed by atoms with Crippen LogP contribution in [0.25, 0.3) is 0 Å². The molecule has 1 unspecified atom stereocenters. The third kappa shape index (κ3) is 3.90. The smallest absolute Gasteiger partial charge is 0.293 e. The van der Waals surface area contributed by atoms with E-state index in [0.29, 0.717) is 12.5 Å². The minimum Gasteiger partial charge on any atom is -0.378 e. The standard InChI is InChI=1S/C12H18N4O4S/c13-21(19,20)11-5-1-4-10(16(17)18)12(11)15-8-9-3-2-6-14-7-9/h1,4-5,9,14-15H,2-3,6-8H2,(H2,13,19,20). The summed E-state index contributed by atoms with van der Waals surface area (Å²) >= 11 is 0. The number of hydrogen-bond donors (Lipinski definition) is 3. The SMILES string of the molecule is NS(=O)(=O)c1cccc([N+](=O)[O-])c1NCC1CCCNC1. The molecule has 0 saturated carbocycles. The van der Waals surface area contributed by atoms with E-state index in [1.54, 1.807) is 0 Å². The Hall–Kier alpha value is -1.71. The van der Waals surface area contributed by atoms with Crippen LogP contribution < -0.4 is 15.8 Å². The lowest BCUT2D eigenvalue weighted by Crippen LogP contribution is -2.33. The van der Waals surface area contributed by atoms with Crippen molar-refractivity contribution in [3.63, 3.8) is 0 Å². The number of sulfonamides is 1. The van der Waals surface area contributed by atoms with Gasteiger partial charge in [-0.2, -0.15) is 0 Å². The molecule has 1 aliphatic heterocycles. The van der Waals surface area contributed by atoms with E-state index in [0.717, 1.165) is 25.9 Å². The predicted octanol–water partition coefficient (Wildman–Crippen LogP) is 0.654. The lowest BCUT2D eigenvalue weighted by atomic mass is 9.99. The number of nitrogens with zero attached hydrogens (tertiary/aromatic N) is 1. The molecule has 1 aromatic carbocycles. The third-order valence-corrected chi connectivity index (χ3v) is 4.43. The van der Waals surface area contributed by atoms with Crippen LogP contribution in [0.2, 0.25) is 0 Å². The van der Waals surface area contributed by atoms with Gasteiger partial charge in [0.05, 0.1) is 4.92 Å². The molecule has 1 aromatic rings. The van der Waals surface area contributed by atoms with Crippen LogP contribution in [-0.4, -0.2) is 33.0 Å². The summed E-state index contributed by atoms with van der Waals surface area (Å²) < 4.78 is 23.2. The van der Waals surface area contributed by atoms with Gasteiger partial charge in [-0.3, -0.25) is 10.1 Å². The Morgan fingerprint density at radius 1 is 1.48 bits per heavy atom. The van der Waals surface area contributed by atoms with E-state index in [1.807, 2.05) is 0 Å². The van der Waals surface area contributed by atoms with E-state index in [1.165, 1.54) is 18.2 Å². The van der Waals surface area contributed by atoms with E-state index in [2.05, 4.69) is 10.6 Å². The average Bonchev–Trinajstić information content (AvgIpc) is 2.44. The molecule has 0 spiro atoms. The van der Waals surface area contributed by atoms with Crippen molar-refractivity contribution in [2.24, 2.45) is 11.1 Å². The molecule has 0 radical (unpaired) electrons. The first kappa shape index (κ1) is 15.7. The summed E-state index contributed by atoms with van der Waals surface area (Å²) in [5.41, 5.74) is -0.319. The first-order chi connectivity index (χ1) is 9.89. The molecule has 0 amide bonds. The second-order valence-corrected chi connectivity index (χ2v) is 6.58. The highest BCUT2D eigenvalue weighted by Crippen LogP contribution is 2.31. The number of benzene rings is 1. The molecule has 21 heavy (non-hydrogen) atoms. The zero-order valence-electron chi connectivity index (χ0n) is 11.4. The molecule has 0 bridgehead atoms. The van der Waals surface area contributed by atoms with Gasteiger partial charge in [0.1, 0.15) is 10.6 Å². The second-order valence-electron chi connectivity index (χ2n) is 5.05. The fraction of sp³-hybridized carbons (Fsp3) is 0.500. The number of para-hydroxylation sites is 1. The summed E-state index contributed by atoms with van der Waals surface area (Å²) in [6.45, 7) is 2.23. The summed E-state index contributed by atoms with van der Waals surface area (Å²) in [4.78, 5) is 10.2. The molecule has 9 heteroatoms. The number of nitro benzene ring substituents is 1. The van der Waals surface area contributed by atoms with Gasteiger partial charge in [-0.05, 0) is 37.9 Å². The first-order valence-electron chi connectivity index (χ1n) is 6.64. The Balaban J connectivity index is 2.28. The van der Waals surface area contributed by atoms with Crippen LogP contribution in [0.1, 0.15) is 12.8 Å². The number of rotatable bonds is 5. The van der Waals surface area contributed by atoms with E-state index in [4.69, 9.17) is 5.14 Å². The fourth-order valence-corrected chi connectivity index (χ4v) is 3.16. The Morgan fingerprint density at radius 3 is 2.81 bits per heavy atom. The van der Waals surface area contributed by atoms with Crippen LogP contribution in [0, 0.1) is 16.0 Å². The summed E-state index contributed by atoms with van der Waals surface area (Å²) in [5, 5.41) is 22.3. The van der Waals surface area contributed by atoms with E-state index in [-0.39, 0.29) is 16.3 Å². The molecule has 4 N–H and O–H groups in total. The number of nitro groups is 1. The van der Waals surface area contributed by atoms with Gasteiger partial charge in [0, 0.05) is 12.6 Å². The molecular formula is C12H18N4O4S. The van der Waals surface area contributed by atoms with Gasteiger partial charge in [-0.15, -0.1) is 0 Å². The number of nitrogens with one attached hydrogen (secondary N) is 2. The van der Waals surface area contributed by atoms with Crippen molar-refractivity contribution in [1.29, 1.82) is 0 Å². The van der Waals surface area contributed by atoms with Crippen LogP contribution in [0.15, 0.2) is 23.1 Å². The molecule has 1 heterocycles. The van der Waals surface area contributed by atoms with Gasteiger partial charge in [-0.1, -0.05) is 6.07 Å². The highest BCUT2D eigenvalue weighted by atomic mass is 32.2. The monoisotopic (exact) mass is 314 g/mol. The summed E-state index contributed by atoms with van der Waals surface area (Å²) in [6.07, 6.45) is 2.02. The van der Waals surface area contributed by atoms with Crippen LogP contribution in [0.3, 0.4) is 0 Å². The first-order valence-corrected chi connectivity index (χ1v) is 8.19. The molecule has 1 saturated heterocycles. The van der Waals surface area contributed by atoms with Gasteiger partial charge >= 0.3 is 0 Å². The van der Waals surface area contributed by atoms with E-state index >= 15 is 0 Å². The van der Waals surface area contributed by atoms with Gasteiger partial charge in [0.2, 0.25) is 10.0 Å². The molecule has 1 aliphatic rings. The molecular weight excluding hydrogens is 296 g/mol. The highest BCUT2D eigenvalue weighted by Gasteiger charge is 2.24. The lowest BCUT2D eigenvalue weighted by Gasteiger charge is -2.23. The van der Waals surface area contributed by atoms with Crippen molar-refractivity contribution in [1.82, 2.24) is 5.32 Å². The van der Waals surface area contributed by atoms with Crippen molar-refractivity contribution < 1.29 is 13.3 Å². The van der Waals surface area contributed by atoms with Crippen LogP contribution in [-0.2, 0) is 10.0 Å². The number of primary sulfonamides is 1. The minimum atomic E-state index is -4.02. The number of piperidine rings is 1. The Bertz CT molecular complexity index is 626. The Labute approximate surface area is 122 Å². The van der Waals surface area contributed by atoms with Crippen molar-refractivity contribution >= 4 is 21.4 Å². The van der Waals surface area contributed by atoms with E-state index in [9.17, 15) is 18.5 Å². The second kappa shape index (κ2) is 6.37. The van der Waals surface area contributed by atoms with Crippen LogP contribution in [0.4, 0.5) is 11.4 Å². The molecule has 1 fully saturated rings. The molecule has 1 atom stereocenters. The number of anilines is 1. The van der Waals surface area contributed by atoms with Crippen LogP contribution >= 0.6 is 0 Å². The predicted molar refractivity (Wildman–Crippen MR) is 78.6 cm³/mol. The van der Waals surface area contributed by atoms with Gasteiger partial charge in [0.15, 0.2) is 0 Å². The summed E-state index contributed by atoms with van der Waals surface area (Å²) in [7, 11) is -4.02. The minimum absolute atomic E-state index is 0.0319. The Kier molecular flexibility index (Phi) is 4.76. The molecule has 8 nitrogen and oxygen atoms in total. The summed E-state index contributed by atoms with van der Waals surface area (Å²) in [5.74, 6) is 0.298. The van der Waals surface area contributed by atoms with Gasteiger partial charge < -0.3 is 10.6 Å². The zero-order valence-corrected chi connectivity index (χ0v) is 12.2. The summed E-state index contributed by atoms with van der Waals surface area (Å²) in [6, 6.07) is 3.84. The maximum absolute atomic E-state index is 11.6. The molecule has 0 aromatic heterocycles. The number of nitrogens with two attached hydrogens (primary N) is 1. The van der Waals surface area contributed by atoms with Gasteiger partial charge in [-0.25, -0.2) is 13.6 Å². The number of hydrogen-bond acceptors (Lipinski definition) is 6. The third-order valence-electron chi connectivity index (χ3n) is 3.47. The molecule has 116 valence electrons. The molecule has 0 aliphatic carbocycles. The normalized spacial score (nSPS) is 19.2. The largest absolute Gasteiger partial charge is 0.378 e. The zero-order chi connectivity index (χ0) is 15.5. The topological polar surface area (TPSA) is 127 Å². The van der Waals surface area contributed by atoms with E-state index < -0.39 is 14.9 Å². The average molecular weight is 314 g/mol. The quantitative estimate of drug-likeness (QED) is 0.541. The maximum Gasteiger partial charge on any atom is 0.293 e. The van der Waals surface area contributed by atoms with Crippen molar-refractivity contribution in [2.45, 2.75) is 17.7 Å². The fourth-order valence-electron chi connectivity index (χ4n) is 2.43. The van der Waals surface area contributed by atoms with Crippen LogP contribution in [0.5, 0.6) is 0 Å². The molecule has 2 rings (SSSR count). The lowest BCUT2D eigenvalue weighted by molar-refractivity contribution is -0.384.